The van der Waals surface area contributed by atoms with Crippen molar-refractivity contribution in [3.63, 3.8) is 0 Å². The first-order chi connectivity index (χ1) is 15.3. The van der Waals surface area contributed by atoms with Gasteiger partial charge in [0.15, 0.2) is 15.0 Å². The lowest BCUT2D eigenvalue weighted by Crippen LogP contribution is -2.49. The van der Waals surface area contributed by atoms with Crippen LogP contribution in [0.25, 0.3) is 10.2 Å². The van der Waals surface area contributed by atoms with Crippen molar-refractivity contribution in [2.75, 3.05) is 38.2 Å². The largest absolute Gasteiger partial charge is 0.494 e. The molecule has 0 atom stereocenters. The Morgan fingerprint density at radius 2 is 1.78 bits per heavy atom. The van der Waals surface area contributed by atoms with Crippen LogP contribution in [0.3, 0.4) is 0 Å². The van der Waals surface area contributed by atoms with Gasteiger partial charge in [0, 0.05) is 26.2 Å². The molecule has 1 amide bonds. The van der Waals surface area contributed by atoms with Gasteiger partial charge in [-0.2, -0.15) is 0 Å². The van der Waals surface area contributed by atoms with E-state index in [0.717, 1.165) is 39.8 Å². The van der Waals surface area contributed by atoms with Gasteiger partial charge in [0.2, 0.25) is 5.91 Å². The molecule has 1 saturated heterocycles. The number of para-hydroxylation sites is 1. The molecule has 0 unspecified atom stereocenters. The summed E-state index contributed by atoms with van der Waals surface area (Å²) in [5.74, 6) is 0.820. The molecule has 2 heterocycles. The lowest BCUT2D eigenvalue weighted by molar-refractivity contribution is -0.130. The van der Waals surface area contributed by atoms with Crippen molar-refractivity contribution in [2.45, 2.75) is 30.4 Å². The normalized spacial score (nSPS) is 14.9. The van der Waals surface area contributed by atoms with E-state index in [1.165, 1.54) is 0 Å². The fourth-order valence-electron chi connectivity index (χ4n) is 3.71. The van der Waals surface area contributed by atoms with Crippen LogP contribution in [0.5, 0.6) is 5.75 Å². The maximum atomic E-state index is 12.8. The minimum atomic E-state index is -3.30. The number of carbonyl (C=O) groups is 1. The quantitative estimate of drug-likeness (QED) is 0.546. The average Bonchev–Trinajstić information content (AvgIpc) is 3.24. The molecular formula is C23H27N3O4S2. The third-order valence-corrected chi connectivity index (χ3v) is 8.97. The predicted molar refractivity (Wildman–Crippen MR) is 127 cm³/mol. The first-order valence-corrected chi connectivity index (χ1v) is 12.9. The summed E-state index contributed by atoms with van der Waals surface area (Å²) in [6.45, 7) is 6.03. The fourth-order valence-corrected chi connectivity index (χ4v) is 5.81. The average molecular weight is 474 g/mol. The molecular weight excluding hydrogens is 446 g/mol. The highest BCUT2D eigenvalue weighted by Crippen LogP contribution is 2.34. The van der Waals surface area contributed by atoms with E-state index in [0.29, 0.717) is 18.0 Å². The van der Waals surface area contributed by atoms with Gasteiger partial charge >= 0.3 is 0 Å². The molecule has 1 aliphatic rings. The van der Waals surface area contributed by atoms with E-state index in [1.54, 1.807) is 56.6 Å². The van der Waals surface area contributed by atoms with E-state index in [2.05, 4.69) is 4.90 Å². The van der Waals surface area contributed by atoms with Crippen LogP contribution in [0.1, 0.15) is 19.4 Å². The maximum Gasteiger partial charge on any atom is 0.227 e. The van der Waals surface area contributed by atoms with Crippen LogP contribution >= 0.6 is 11.3 Å². The van der Waals surface area contributed by atoms with Crippen LogP contribution in [0, 0.1) is 0 Å². The molecule has 0 spiro atoms. The lowest BCUT2D eigenvalue weighted by atomic mass is 10.1. The summed E-state index contributed by atoms with van der Waals surface area (Å²) in [6.07, 6.45) is 0.264. The highest BCUT2D eigenvalue weighted by Gasteiger charge is 2.24. The van der Waals surface area contributed by atoms with Crippen LogP contribution in [-0.4, -0.2) is 62.7 Å². The molecule has 170 valence electrons. The van der Waals surface area contributed by atoms with Crippen LogP contribution in [0.2, 0.25) is 0 Å². The lowest BCUT2D eigenvalue weighted by Gasteiger charge is -2.34. The number of piperazine rings is 1. The molecule has 0 bridgehead atoms. The van der Waals surface area contributed by atoms with Gasteiger partial charge in [0.25, 0.3) is 0 Å². The van der Waals surface area contributed by atoms with Crippen molar-refractivity contribution in [1.29, 1.82) is 0 Å². The molecule has 0 radical (unpaired) electrons. The number of anilines is 1. The van der Waals surface area contributed by atoms with Crippen LogP contribution in [0.4, 0.5) is 5.13 Å². The van der Waals surface area contributed by atoms with E-state index in [4.69, 9.17) is 9.72 Å². The molecule has 1 fully saturated rings. The molecule has 0 saturated carbocycles. The Hall–Kier alpha value is -2.65. The van der Waals surface area contributed by atoms with Gasteiger partial charge in [0.05, 0.1) is 28.4 Å². The van der Waals surface area contributed by atoms with E-state index in [1.807, 2.05) is 23.1 Å². The van der Waals surface area contributed by atoms with Gasteiger partial charge in [-0.1, -0.05) is 29.5 Å². The summed E-state index contributed by atoms with van der Waals surface area (Å²) in [5.41, 5.74) is 1.69. The molecule has 0 aliphatic carbocycles. The number of benzene rings is 2. The monoisotopic (exact) mass is 473 g/mol. The zero-order valence-electron chi connectivity index (χ0n) is 18.4. The molecule has 1 aliphatic heterocycles. The van der Waals surface area contributed by atoms with Gasteiger partial charge in [-0.05, 0) is 43.7 Å². The number of rotatable bonds is 6. The number of fused-ring (bicyclic) bond motifs is 1. The minimum absolute atomic E-state index is 0.0510. The highest BCUT2D eigenvalue weighted by molar-refractivity contribution is 7.92. The Balaban J connectivity index is 1.37. The van der Waals surface area contributed by atoms with Crippen molar-refractivity contribution < 1.29 is 17.9 Å². The van der Waals surface area contributed by atoms with Crippen molar-refractivity contribution in [3.05, 3.63) is 48.0 Å². The second-order valence-electron chi connectivity index (χ2n) is 8.09. The third-order valence-electron chi connectivity index (χ3n) is 5.72. The second kappa shape index (κ2) is 9.07. The maximum absolute atomic E-state index is 12.8. The predicted octanol–water partition coefficient (Wildman–Crippen LogP) is 3.38. The van der Waals surface area contributed by atoms with Gasteiger partial charge in [0.1, 0.15) is 11.3 Å². The van der Waals surface area contributed by atoms with Crippen LogP contribution < -0.4 is 9.64 Å². The summed E-state index contributed by atoms with van der Waals surface area (Å²) in [5, 5.41) is 0.473. The SMILES string of the molecule is COc1cccc2sc(N3CCN(C(=O)Cc4ccc(S(=O)(=O)C(C)C)cc4)CC3)nc12. The number of thiazole rings is 1. The number of hydrogen-bond acceptors (Lipinski definition) is 7. The second-order valence-corrected chi connectivity index (χ2v) is 11.6. The Morgan fingerprint density at radius 3 is 2.41 bits per heavy atom. The van der Waals surface area contributed by atoms with Gasteiger partial charge in [-0.15, -0.1) is 0 Å². The zero-order chi connectivity index (χ0) is 22.9. The fraction of sp³-hybridized carbons (Fsp3) is 0.391. The number of aromatic nitrogens is 1. The van der Waals surface area contributed by atoms with E-state index in [-0.39, 0.29) is 12.3 Å². The molecule has 1 aromatic heterocycles. The standard InChI is InChI=1S/C23H27N3O4S2/c1-16(2)32(28,29)18-9-7-17(8-10-18)15-21(27)25-11-13-26(14-12-25)23-24-22-19(30-3)5-4-6-20(22)31-23/h4-10,16H,11-15H2,1-3H3. The molecule has 3 aromatic rings. The topological polar surface area (TPSA) is 79.8 Å². The first-order valence-electron chi connectivity index (χ1n) is 10.6. The summed E-state index contributed by atoms with van der Waals surface area (Å²) in [6, 6.07) is 12.6. The van der Waals surface area contributed by atoms with Crippen molar-refractivity contribution >= 4 is 42.4 Å². The Morgan fingerprint density at radius 1 is 1.09 bits per heavy atom. The number of nitrogens with zero attached hydrogens (tertiary/aromatic N) is 3. The number of ether oxygens (including phenoxy) is 1. The Labute approximate surface area is 192 Å². The summed E-state index contributed by atoms with van der Waals surface area (Å²) in [4.78, 5) is 21.9. The zero-order valence-corrected chi connectivity index (χ0v) is 20.1. The van der Waals surface area contributed by atoms with Crippen LogP contribution in [-0.2, 0) is 21.1 Å². The van der Waals surface area contributed by atoms with E-state index >= 15 is 0 Å². The van der Waals surface area contributed by atoms with Gasteiger partial charge < -0.3 is 14.5 Å². The van der Waals surface area contributed by atoms with Crippen LogP contribution in [0.15, 0.2) is 47.4 Å². The number of hydrogen-bond donors (Lipinski definition) is 0. The molecule has 9 heteroatoms. The van der Waals surface area contributed by atoms with Crippen molar-refractivity contribution in [3.8, 4) is 5.75 Å². The van der Waals surface area contributed by atoms with Gasteiger partial charge in [-0.25, -0.2) is 13.4 Å². The van der Waals surface area contributed by atoms with Crippen molar-refractivity contribution in [2.24, 2.45) is 0 Å². The molecule has 32 heavy (non-hydrogen) atoms. The Kier molecular flexibility index (Phi) is 6.39. The first kappa shape index (κ1) is 22.5. The third kappa shape index (κ3) is 4.45. The Bertz CT molecular complexity index is 1210. The van der Waals surface area contributed by atoms with Crippen molar-refractivity contribution in [1.82, 2.24) is 9.88 Å². The summed E-state index contributed by atoms with van der Waals surface area (Å²) in [7, 11) is -1.66. The van der Waals surface area contributed by atoms with E-state index in [9.17, 15) is 13.2 Å². The number of sulfone groups is 1. The molecule has 2 aromatic carbocycles. The minimum Gasteiger partial charge on any atom is -0.494 e. The molecule has 0 N–H and O–H groups in total. The van der Waals surface area contributed by atoms with Gasteiger partial charge in [-0.3, -0.25) is 4.79 Å². The number of amides is 1. The summed E-state index contributed by atoms with van der Waals surface area (Å²) >= 11 is 1.63. The number of methoxy groups -OCH3 is 1. The highest BCUT2D eigenvalue weighted by atomic mass is 32.2. The smallest absolute Gasteiger partial charge is 0.227 e. The summed E-state index contributed by atoms with van der Waals surface area (Å²) < 4.78 is 31.0. The molecule has 4 rings (SSSR count). The number of carbonyl (C=O) groups excluding carboxylic acids is 1. The van der Waals surface area contributed by atoms with E-state index < -0.39 is 15.1 Å². The molecule has 7 nitrogen and oxygen atoms in total.